The first kappa shape index (κ1) is 12.4. The van der Waals surface area contributed by atoms with Crippen molar-refractivity contribution in [3.8, 4) is 0 Å². The Bertz CT molecular complexity index is 467. The molecule has 0 amide bonds. The van der Waals surface area contributed by atoms with Gasteiger partial charge in [0.05, 0.1) is 6.54 Å². The normalized spacial score (nSPS) is 12.1. The zero-order valence-electron chi connectivity index (χ0n) is 10.4. The minimum absolute atomic E-state index is 0.191. The fourth-order valence-corrected chi connectivity index (χ4v) is 1.51. The number of rotatable bonds is 6. The van der Waals surface area contributed by atoms with Gasteiger partial charge in [-0.1, -0.05) is 0 Å². The van der Waals surface area contributed by atoms with Crippen LogP contribution in [0.4, 0.5) is 11.6 Å². The average molecular weight is 246 g/mol. The van der Waals surface area contributed by atoms with E-state index < -0.39 is 0 Å². The second kappa shape index (κ2) is 6.02. The van der Waals surface area contributed by atoms with Crippen LogP contribution in [0.25, 0.3) is 0 Å². The van der Waals surface area contributed by atoms with Crippen molar-refractivity contribution in [2.75, 3.05) is 17.2 Å². The van der Waals surface area contributed by atoms with E-state index >= 15 is 0 Å². The number of H-pyrrole nitrogens is 1. The molecule has 2 aromatic heterocycles. The Balaban J connectivity index is 1.94. The van der Waals surface area contributed by atoms with Crippen LogP contribution in [-0.2, 0) is 6.54 Å². The Morgan fingerprint density at radius 3 is 2.94 bits per heavy atom. The van der Waals surface area contributed by atoms with Gasteiger partial charge >= 0.3 is 0 Å². The summed E-state index contributed by atoms with van der Waals surface area (Å²) in [5, 5.41) is 6.43. The highest BCUT2D eigenvalue weighted by Gasteiger charge is 2.02. The fraction of sp³-hybridized carbons (Fsp3) is 0.333. The predicted molar refractivity (Wildman–Crippen MR) is 72.3 cm³/mol. The number of aromatic nitrogens is 3. The van der Waals surface area contributed by atoms with Gasteiger partial charge in [0.2, 0.25) is 0 Å². The first-order valence-corrected chi connectivity index (χ1v) is 5.92. The van der Waals surface area contributed by atoms with Crippen molar-refractivity contribution in [3.63, 3.8) is 0 Å². The molecule has 0 aliphatic carbocycles. The van der Waals surface area contributed by atoms with Gasteiger partial charge in [-0.05, 0) is 19.1 Å². The van der Waals surface area contributed by atoms with Crippen molar-refractivity contribution in [1.82, 2.24) is 15.0 Å². The van der Waals surface area contributed by atoms with E-state index in [0.29, 0.717) is 13.1 Å². The first-order chi connectivity index (χ1) is 8.78. The van der Waals surface area contributed by atoms with Crippen LogP contribution in [0.15, 0.2) is 30.7 Å². The van der Waals surface area contributed by atoms with E-state index in [2.05, 4.69) is 25.6 Å². The highest BCUT2D eigenvalue weighted by Crippen LogP contribution is 2.10. The highest BCUT2D eigenvalue weighted by molar-refractivity contribution is 5.47. The summed E-state index contributed by atoms with van der Waals surface area (Å²) >= 11 is 0. The Hall–Kier alpha value is -2.08. The van der Waals surface area contributed by atoms with E-state index in [0.717, 1.165) is 17.3 Å². The van der Waals surface area contributed by atoms with Crippen LogP contribution in [0.3, 0.4) is 0 Å². The van der Waals surface area contributed by atoms with E-state index in [1.54, 1.807) is 0 Å². The Kier molecular flexibility index (Phi) is 4.14. The summed E-state index contributed by atoms with van der Waals surface area (Å²) < 4.78 is 0. The van der Waals surface area contributed by atoms with Crippen LogP contribution in [0, 0.1) is 0 Å². The third-order valence-electron chi connectivity index (χ3n) is 2.54. The molecule has 0 aliphatic heterocycles. The molecule has 2 heterocycles. The van der Waals surface area contributed by atoms with Crippen molar-refractivity contribution in [3.05, 3.63) is 36.4 Å². The number of aromatic amines is 1. The maximum Gasteiger partial charge on any atom is 0.131 e. The molecule has 0 aliphatic rings. The second-order valence-corrected chi connectivity index (χ2v) is 4.12. The predicted octanol–water partition coefficient (Wildman–Crippen LogP) is 1.18. The SMILES string of the molecule is CC(CN)Nc1cc(NCc2ccc[nH]2)ncn1. The van der Waals surface area contributed by atoms with Gasteiger partial charge in [-0.3, -0.25) is 0 Å². The van der Waals surface area contributed by atoms with Crippen molar-refractivity contribution in [2.45, 2.75) is 19.5 Å². The van der Waals surface area contributed by atoms with Crippen molar-refractivity contribution < 1.29 is 0 Å². The lowest BCUT2D eigenvalue weighted by Crippen LogP contribution is -2.25. The lowest BCUT2D eigenvalue weighted by molar-refractivity contribution is 0.797. The molecule has 0 fully saturated rings. The molecule has 0 spiro atoms. The zero-order chi connectivity index (χ0) is 12.8. The summed E-state index contributed by atoms with van der Waals surface area (Å²) in [6, 6.07) is 6.04. The van der Waals surface area contributed by atoms with Crippen LogP contribution in [0.5, 0.6) is 0 Å². The number of nitrogens with one attached hydrogen (secondary N) is 3. The number of hydrogen-bond donors (Lipinski definition) is 4. The number of hydrogen-bond acceptors (Lipinski definition) is 5. The third kappa shape index (κ3) is 3.46. The van der Waals surface area contributed by atoms with Gasteiger partial charge in [-0.15, -0.1) is 0 Å². The van der Waals surface area contributed by atoms with E-state index in [1.165, 1.54) is 6.33 Å². The van der Waals surface area contributed by atoms with Gasteiger partial charge in [-0.2, -0.15) is 0 Å². The molecule has 2 aromatic rings. The number of nitrogens with two attached hydrogens (primary N) is 1. The minimum Gasteiger partial charge on any atom is -0.366 e. The Labute approximate surface area is 106 Å². The van der Waals surface area contributed by atoms with Gasteiger partial charge in [0.25, 0.3) is 0 Å². The molecule has 5 N–H and O–H groups in total. The van der Waals surface area contributed by atoms with Crippen LogP contribution >= 0.6 is 0 Å². The molecular weight excluding hydrogens is 228 g/mol. The van der Waals surface area contributed by atoms with E-state index in [1.807, 2.05) is 31.3 Å². The summed E-state index contributed by atoms with van der Waals surface area (Å²) in [5.74, 6) is 1.56. The molecule has 1 unspecified atom stereocenters. The molecule has 1 atom stereocenters. The Morgan fingerprint density at radius 2 is 2.22 bits per heavy atom. The zero-order valence-corrected chi connectivity index (χ0v) is 10.4. The molecule has 2 rings (SSSR count). The largest absolute Gasteiger partial charge is 0.366 e. The summed E-state index contributed by atoms with van der Waals surface area (Å²) in [4.78, 5) is 11.4. The first-order valence-electron chi connectivity index (χ1n) is 5.92. The molecule has 6 nitrogen and oxygen atoms in total. The molecule has 6 heteroatoms. The van der Waals surface area contributed by atoms with E-state index in [-0.39, 0.29) is 6.04 Å². The van der Waals surface area contributed by atoms with Crippen molar-refractivity contribution in [1.29, 1.82) is 0 Å². The molecule has 96 valence electrons. The monoisotopic (exact) mass is 246 g/mol. The summed E-state index contributed by atoms with van der Waals surface area (Å²) in [5.41, 5.74) is 6.66. The van der Waals surface area contributed by atoms with Gasteiger partial charge in [-0.25, -0.2) is 9.97 Å². The van der Waals surface area contributed by atoms with Crippen LogP contribution < -0.4 is 16.4 Å². The fourth-order valence-electron chi connectivity index (χ4n) is 1.51. The molecule has 0 aromatic carbocycles. The van der Waals surface area contributed by atoms with Crippen LogP contribution in [-0.4, -0.2) is 27.5 Å². The second-order valence-electron chi connectivity index (χ2n) is 4.12. The summed E-state index contributed by atoms with van der Waals surface area (Å²) in [6.07, 6.45) is 3.43. The smallest absolute Gasteiger partial charge is 0.131 e. The molecule has 0 bridgehead atoms. The lowest BCUT2D eigenvalue weighted by Gasteiger charge is -2.12. The molecule has 0 saturated heterocycles. The van der Waals surface area contributed by atoms with Crippen molar-refractivity contribution >= 4 is 11.6 Å². The summed E-state index contributed by atoms with van der Waals surface area (Å²) in [6.45, 7) is 3.28. The molecule has 18 heavy (non-hydrogen) atoms. The summed E-state index contributed by atoms with van der Waals surface area (Å²) in [7, 11) is 0. The average Bonchev–Trinajstić information content (AvgIpc) is 2.90. The standard InChI is InChI=1S/C12H18N6/c1-9(6-13)18-12-5-11(16-8-17-12)15-7-10-3-2-4-14-10/h2-5,8-9,14H,6-7,13H2,1H3,(H2,15,16,17,18). The maximum absolute atomic E-state index is 5.56. The van der Waals surface area contributed by atoms with Crippen LogP contribution in [0.1, 0.15) is 12.6 Å². The van der Waals surface area contributed by atoms with Gasteiger partial charge < -0.3 is 21.4 Å². The topological polar surface area (TPSA) is 91.7 Å². The quantitative estimate of drug-likeness (QED) is 0.614. The maximum atomic E-state index is 5.56. The van der Waals surface area contributed by atoms with Gasteiger partial charge in [0.1, 0.15) is 18.0 Å². The highest BCUT2D eigenvalue weighted by atomic mass is 15.1. The molecular formula is C12H18N6. The number of anilines is 2. The van der Waals surface area contributed by atoms with E-state index in [4.69, 9.17) is 5.73 Å². The number of nitrogens with zero attached hydrogens (tertiary/aromatic N) is 2. The van der Waals surface area contributed by atoms with Gasteiger partial charge in [0.15, 0.2) is 0 Å². The minimum atomic E-state index is 0.191. The lowest BCUT2D eigenvalue weighted by atomic mass is 10.3. The van der Waals surface area contributed by atoms with E-state index in [9.17, 15) is 0 Å². The Morgan fingerprint density at radius 1 is 1.39 bits per heavy atom. The third-order valence-corrected chi connectivity index (χ3v) is 2.54. The van der Waals surface area contributed by atoms with Gasteiger partial charge in [0, 0.05) is 30.5 Å². The molecule has 0 saturated carbocycles. The van der Waals surface area contributed by atoms with Crippen molar-refractivity contribution in [2.24, 2.45) is 5.73 Å². The molecule has 0 radical (unpaired) electrons. The van der Waals surface area contributed by atoms with Crippen LogP contribution in [0.2, 0.25) is 0 Å².